The van der Waals surface area contributed by atoms with Crippen LogP contribution >= 0.6 is 11.3 Å². The van der Waals surface area contributed by atoms with Crippen molar-refractivity contribution in [2.24, 2.45) is 5.92 Å². The maximum absolute atomic E-state index is 12.9. The molecule has 116 valence electrons. The lowest BCUT2D eigenvalue weighted by molar-refractivity contribution is -0.120. The molecule has 0 spiro atoms. The van der Waals surface area contributed by atoms with Crippen molar-refractivity contribution < 1.29 is 9.18 Å². The summed E-state index contributed by atoms with van der Waals surface area (Å²) >= 11 is 1.35. The van der Waals surface area contributed by atoms with Crippen LogP contribution in [0.15, 0.2) is 24.3 Å². The molecule has 1 aliphatic rings. The normalized spacial score (nSPS) is 21.0. The van der Waals surface area contributed by atoms with Crippen molar-refractivity contribution in [2.45, 2.75) is 25.8 Å². The molecular weight excluding hydrogens is 303 g/mol. The van der Waals surface area contributed by atoms with E-state index >= 15 is 0 Å². The number of rotatable bonds is 4. The third-order valence-electron chi connectivity index (χ3n) is 3.83. The van der Waals surface area contributed by atoms with Gasteiger partial charge < -0.3 is 10.6 Å². The van der Waals surface area contributed by atoms with Gasteiger partial charge >= 0.3 is 0 Å². The third-order valence-corrected chi connectivity index (χ3v) is 4.67. The van der Waals surface area contributed by atoms with E-state index in [4.69, 9.17) is 0 Å². The Morgan fingerprint density at radius 1 is 1.41 bits per heavy atom. The van der Waals surface area contributed by atoms with Gasteiger partial charge in [-0.05, 0) is 37.6 Å². The second-order valence-electron chi connectivity index (χ2n) is 5.43. The van der Waals surface area contributed by atoms with Crippen molar-refractivity contribution >= 4 is 22.4 Å². The van der Waals surface area contributed by atoms with Crippen molar-refractivity contribution in [1.82, 2.24) is 15.5 Å². The first-order chi connectivity index (χ1) is 10.6. The molecule has 1 aromatic heterocycles. The van der Waals surface area contributed by atoms with E-state index in [9.17, 15) is 9.18 Å². The molecule has 3 rings (SSSR count). The molecular formula is C15H17FN4OS. The molecule has 1 aliphatic heterocycles. The minimum absolute atomic E-state index is 0.0121. The number of anilines is 1. The zero-order valence-electron chi connectivity index (χ0n) is 12.2. The molecule has 1 aromatic carbocycles. The molecule has 7 heteroatoms. The Labute approximate surface area is 132 Å². The van der Waals surface area contributed by atoms with Gasteiger partial charge in [-0.25, -0.2) is 4.39 Å². The maximum Gasteiger partial charge on any atom is 0.230 e. The van der Waals surface area contributed by atoms with Gasteiger partial charge in [0, 0.05) is 12.5 Å². The maximum atomic E-state index is 12.9. The highest BCUT2D eigenvalue weighted by atomic mass is 32.1. The Morgan fingerprint density at radius 3 is 2.86 bits per heavy atom. The SMILES string of the molecule is CC1NCCC1C(=O)Nc1nnc(Cc2ccc(F)cc2)s1. The molecule has 2 aromatic rings. The van der Waals surface area contributed by atoms with Crippen LogP contribution in [0.5, 0.6) is 0 Å². The van der Waals surface area contributed by atoms with Gasteiger partial charge in [-0.3, -0.25) is 4.79 Å². The highest BCUT2D eigenvalue weighted by molar-refractivity contribution is 7.15. The van der Waals surface area contributed by atoms with Gasteiger partial charge in [-0.2, -0.15) is 0 Å². The van der Waals surface area contributed by atoms with Crippen molar-refractivity contribution in [1.29, 1.82) is 0 Å². The Balaban J connectivity index is 1.61. The average molecular weight is 320 g/mol. The van der Waals surface area contributed by atoms with Crippen molar-refractivity contribution in [3.8, 4) is 0 Å². The molecule has 5 nitrogen and oxygen atoms in total. The monoisotopic (exact) mass is 320 g/mol. The Morgan fingerprint density at radius 2 is 2.18 bits per heavy atom. The minimum atomic E-state index is -0.256. The molecule has 22 heavy (non-hydrogen) atoms. The van der Waals surface area contributed by atoms with Crippen LogP contribution in [0.3, 0.4) is 0 Å². The number of nitrogens with one attached hydrogen (secondary N) is 2. The first kappa shape index (κ1) is 15.1. The quantitative estimate of drug-likeness (QED) is 0.906. The fourth-order valence-corrected chi connectivity index (χ4v) is 3.34. The Bertz CT molecular complexity index is 658. The molecule has 2 heterocycles. The number of halogens is 1. The van der Waals surface area contributed by atoms with Gasteiger partial charge in [0.25, 0.3) is 0 Å². The average Bonchev–Trinajstić information content (AvgIpc) is 3.10. The summed E-state index contributed by atoms with van der Waals surface area (Å²) in [5.41, 5.74) is 0.962. The number of amides is 1. The number of carbonyl (C=O) groups is 1. The number of hydrogen-bond donors (Lipinski definition) is 2. The van der Waals surface area contributed by atoms with Crippen LogP contribution in [-0.2, 0) is 11.2 Å². The van der Waals surface area contributed by atoms with Gasteiger partial charge in [-0.1, -0.05) is 23.5 Å². The highest BCUT2D eigenvalue weighted by Gasteiger charge is 2.29. The standard InChI is InChI=1S/C15H17FN4OS/c1-9-12(6-7-17-9)14(21)18-15-20-19-13(22-15)8-10-2-4-11(16)5-3-10/h2-5,9,12,17H,6-8H2,1H3,(H,18,20,21). The van der Waals surface area contributed by atoms with Gasteiger partial charge in [0.05, 0.1) is 5.92 Å². The van der Waals surface area contributed by atoms with E-state index in [1.165, 1.54) is 23.5 Å². The molecule has 1 fully saturated rings. The van der Waals surface area contributed by atoms with E-state index in [0.29, 0.717) is 11.6 Å². The zero-order chi connectivity index (χ0) is 15.5. The molecule has 1 amide bonds. The molecule has 2 atom stereocenters. The molecule has 2 N–H and O–H groups in total. The van der Waals surface area contributed by atoms with E-state index in [2.05, 4.69) is 20.8 Å². The van der Waals surface area contributed by atoms with E-state index in [-0.39, 0.29) is 23.7 Å². The second kappa shape index (κ2) is 6.50. The smallest absolute Gasteiger partial charge is 0.230 e. The van der Waals surface area contributed by atoms with Crippen molar-refractivity contribution in [2.75, 3.05) is 11.9 Å². The van der Waals surface area contributed by atoms with E-state index in [1.54, 1.807) is 12.1 Å². The molecule has 2 unspecified atom stereocenters. The van der Waals surface area contributed by atoms with Gasteiger partial charge in [0.2, 0.25) is 11.0 Å². The van der Waals surface area contributed by atoms with Gasteiger partial charge in [-0.15, -0.1) is 10.2 Å². The van der Waals surface area contributed by atoms with Crippen LogP contribution in [0.25, 0.3) is 0 Å². The topological polar surface area (TPSA) is 66.9 Å². The number of benzene rings is 1. The fraction of sp³-hybridized carbons (Fsp3) is 0.400. The lowest BCUT2D eigenvalue weighted by Gasteiger charge is -2.12. The molecule has 0 aliphatic carbocycles. The summed E-state index contributed by atoms with van der Waals surface area (Å²) in [6.07, 6.45) is 1.42. The fourth-order valence-electron chi connectivity index (χ4n) is 2.57. The van der Waals surface area contributed by atoms with E-state index in [0.717, 1.165) is 23.5 Å². The predicted octanol–water partition coefficient (Wildman–Crippen LogP) is 2.20. The Kier molecular flexibility index (Phi) is 4.44. The van der Waals surface area contributed by atoms with Crippen LogP contribution in [-0.4, -0.2) is 28.7 Å². The molecule has 1 saturated heterocycles. The summed E-state index contributed by atoms with van der Waals surface area (Å²) in [5.74, 6) is -0.292. The number of nitrogens with zero attached hydrogens (tertiary/aromatic N) is 2. The van der Waals surface area contributed by atoms with Crippen molar-refractivity contribution in [3.05, 3.63) is 40.7 Å². The van der Waals surface area contributed by atoms with Crippen LogP contribution in [0.4, 0.5) is 9.52 Å². The minimum Gasteiger partial charge on any atom is -0.313 e. The first-order valence-electron chi connectivity index (χ1n) is 7.23. The first-order valence-corrected chi connectivity index (χ1v) is 8.04. The lowest BCUT2D eigenvalue weighted by Crippen LogP contribution is -2.32. The van der Waals surface area contributed by atoms with Crippen LogP contribution < -0.4 is 10.6 Å². The largest absolute Gasteiger partial charge is 0.313 e. The summed E-state index contributed by atoms with van der Waals surface area (Å²) in [5, 5.41) is 15.5. The van der Waals surface area contributed by atoms with Gasteiger partial charge in [0.15, 0.2) is 0 Å². The zero-order valence-corrected chi connectivity index (χ0v) is 13.0. The summed E-state index contributed by atoms with van der Waals surface area (Å²) in [7, 11) is 0. The van der Waals surface area contributed by atoms with Gasteiger partial charge in [0.1, 0.15) is 10.8 Å². The van der Waals surface area contributed by atoms with Crippen LogP contribution in [0.1, 0.15) is 23.9 Å². The second-order valence-corrected chi connectivity index (χ2v) is 6.49. The molecule has 0 saturated carbocycles. The number of aromatic nitrogens is 2. The highest BCUT2D eigenvalue weighted by Crippen LogP contribution is 2.22. The Hall–Kier alpha value is -1.86. The third kappa shape index (κ3) is 3.48. The summed E-state index contributed by atoms with van der Waals surface area (Å²) in [6.45, 7) is 2.88. The summed E-state index contributed by atoms with van der Waals surface area (Å²) < 4.78 is 12.9. The van der Waals surface area contributed by atoms with Crippen molar-refractivity contribution in [3.63, 3.8) is 0 Å². The van der Waals surface area contributed by atoms with Crippen LogP contribution in [0, 0.1) is 11.7 Å². The summed E-state index contributed by atoms with van der Waals surface area (Å²) in [4.78, 5) is 12.2. The molecule has 0 radical (unpaired) electrons. The number of carbonyl (C=O) groups excluding carboxylic acids is 1. The molecule has 0 bridgehead atoms. The number of hydrogen-bond acceptors (Lipinski definition) is 5. The lowest BCUT2D eigenvalue weighted by atomic mass is 10.0. The van der Waals surface area contributed by atoms with E-state index < -0.39 is 0 Å². The van der Waals surface area contributed by atoms with E-state index in [1.807, 2.05) is 6.92 Å². The predicted molar refractivity (Wildman–Crippen MR) is 83.3 cm³/mol. The van der Waals surface area contributed by atoms with Crippen LogP contribution in [0.2, 0.25) is 0 Å². The summed E-state index contributed by atoms with van der Waals surface area (Å²) in [6, 6.07) is 6.48.